The van der Waals surface area contributed by atoms with Gasteiger partial charge in [-0.1, -0.05) is 48.0 Å². The third-order valence-corrected chi connectivity index (χ3v) is 7.29. The highest BCUT2D eigenvalue weighted by Gasteiger charge is 2.56. The van der Waals surface area contributed by atoms with Crippen molar-refractivity contribution in [3.05, 3.63) is 112 Å². The number of anilines is 2. The van der Waals surface area contributed by atoms with E-state index in [1.807, 2.05) is 0 Å². The number of alkyl halides is 2. The third-order valence-electron chi connectivity index (χ3n) is 7.05. The van der Waals surface area contributed by atoms with Crippen molar-refractivity contribution in [2.45, 2.75) is 17.9 Å². The summed E-state index contributed by atoms with van der Waals surface area (Å²) in [6, 6.07) is 16.6. The molecule has 2 amide bonds. The number of carbonyl (C=O) groups is 2. The molecule has 0 saturated carbocycles. The molecule has 1 aliphatic heterocycles. The molecule has 1 aromatic heterocycles. The number of carbonyl (C=O) groups excluding carboxylic acids is 2. The molecule has 5 rings (SSSR count). The van der Waals surface area contributed by atoms with E-state index in [2.05, 4.69) is 10.3 Å². The molecule has 0 unspecified atom stereocenters. The van der Waals surface area contributed by atoms with Gasteiger partial charge in [0.1, 0.15) is 5.82 Å². The molecule has 0 bridgehead atoms. The van der Waals surface area contributed by atoms with Crippen LogP contribution in [0, 0.1) is 11.6 Å². The number of nitrogens with zero attached hydrogens (tertiary/aromatic N) is 2. The smallest absolute Gasteiger partial charge is 0.284 e. The van der Waals surface area contributed by atoms with E-state index in [1.54, 1.807) is 30.3 Å². The lowest BCUT2D eigenvalue weighted by atomic mass is 9.86. The number of hydrogen-bond donors (Lipinski definition) is 3. The van der Waals surface area contributed by atoms with Crippen molar-refractivity contribution in [1.29, 1.82) is 0 Å². The van der Waals surface area contributed by atoms with Gasteiger partial charge in [-0.05, 0) is 47.5 Å². The van der Waals surface area contributed by atoms with Crippen molar-refractivity contribution in [3.63, 3.8) is 0 Å². The van der Waals surface area contributed by atoms with Crippen molar-refractivity contribution in [3.8, 4) is 11.1 Å². The first kappa shape index (κ1) is 29.2. The maximum Gasteiger partial charge on any atom is 0.284 e. The van der Waals surface area contributed by atoms with E-state index in [1.165, 1.54) is 24.3 Å². The van der Waals surface area contributed by atoms with Gasteiger partial charge in [0.05, 0.1) is 23.4 Å². The molecule has 1 aliphatic rings. The van der Waals surface area contributed by atoms with Crippen LogP contribution in [0.5, 0.6) is 0 Å². The lowest BCUT2D eigenvalue weighted by Gasteiger charge is -2.33. The number of halogens is 5. The summed E-state index contributed by atoms with van der Waals surface area (Å²) >= 11 is 5.97. The molecular weight excluding hydrogens is 578 g/mol. The van der Waals surface area contributed by atoms with Crippen molar-refractivity contribution < 1.29 is 37.4 Å². The van der Waals surface area contributed by atoms with E-state index in [0.717, 1.165) is 29.3 Å². The highest BCUT2D eigenvalue weighted by molar-refractivity contribution is 6.30. The summed E-state index contributed by atoms with van der Waals surface area (Å²) in [6.45, 7) is -1.94. The first-order valence-corrected chi connectivity index (χ1v) is 13.0. The Morgan fingerprint density at radius 3 is 2.45 bits per heavy atom. The normalized spacial score (nSPS) is 17.7. The second kappa shape index (κ2) is 11.2. The van der Waals surface area contributed by atoms with Crippen molar-refractivity contribution in [1.82, 2.24) is 4.98 Å². The third kappa shape index (κ3) is 5.22. The first-order valence-electron chi connectivity index (χ1n) is 12.6. The summed E-state index contributed by atoms with van der Waals surface area (Å²) < 4.78 is 59.1. The predicted molar refractivity (Wildman–Crippen MR) is 148 cm³/mol. The predicted octanol–water partition coefficient (Wildman–Crippen LogP) is 5.80. The van der Waals surface area contributed by atoms with Crippen LogP contribution in [-0.4, -0.2) is 46.1 Å². The topological polar surface area (TPSA) is 103 Å². The number of aliphatic hydroxyl groups is 2. The number of benzene rings is 3. The summed E-state index contributed by atoms with van der Waals surface area (Å²) in [5.74, 6) is -7.99. The fraction of sp³-hybridized carbons (Fsp3) is 0.167. The lowest BCUT2D eigenvalue weighted by Crippen LogP contribution is -2.48. The fourth-order valence-corrected chi connectivity index (χ4v) is 4.99. The van der Waals surface area contributed by atoms with Gasteiger partial charge in [0, 0.05) is 29.7 Å². The quantitative estimate of drug-likeness (QED) is 0.252. The van der Waals surface area contributed by atoms with Crippen molar-refractivity contribution >= 4 is 34.9 Å². The molecule has 1 atom stereocenters. The Balaban J connectivity index is 1.45. The summed E-state index contributed by atoms with van der Waals surface area (Å²) in [5.41, 5.74) is -3.09. The fourth-order valence-electron chi connectivity index (χ4n) is 4.81. The molecule has 0 saturated heterocycles. The molecule has 4 aromatic rings. The monoisotopic (exact) mass is 599 g/mol. The number of aliphatic hydroxyl groups excluding tert-OH is 1. The number of rotatable bonds is 5. The minimum Gasteiger partial charge on any atom is -0.393 e. The number of aromatic nitrogens is 1. The molecule has 7 nitrogen and oxygen atoms in total. The number of amides is 2. The Morgan fingerprint density at radius 1 is 1.02 bits per heavy atom. The molecule has 216 valence electrons. The van der Waals surface area contributed by atoms with Crippen LogP contribution in [0.4, 0.5) is 29.1 Å². The number of pyridine rings is 1. The molecule has 0 spiro atoms. The summed E-state index contributed by atoms with van der Waals surface area (Å²) in [4.78, 5) is 31.2. The molecule has 3 aromatic carbocycles. The second-order valence-electron chi connectivity index (χ2n) is 9.66. The van der Waals surface area contributed by atoms with Crippen molar-refractivity contribution in [2.24, 2.45) is 0 Å². The van der Waals surface area contributed by atoms with Crippen LogP contribution >= 0.6 is 11.6 Å². The van der Waals surface area contributed by atoms with Crippen LogP contribution in [0.2, 0.25) is 5.02 Å². The average Bonchev–Trinajstić information content (AvgIpc) is 3.06. The average molecular weight is 600 g/mol. The van der Waals surface area contributed by atoms with Gasteiger partial charge < -0.3 is 20.4 Å². The molecule has 42 heavy (non-hydrogen) atoms. The van der Waals surface area contributed by atoms with Gasteiger partial charge in [0.15, 0.2) is 17.2 Å². The summed E-state index contributed by atoms with van der Waals surface area (Å²) in [5, 5.41) is 22.7. The number of fused-ring (bicyclic) bond motifs is 1. The molecule has 0 aliphatic carbocycles. The Labute approximate surface area is 242 Å². The molecule has 0 fully saturated rings. The molecule has 3 N–H and O–H groups in total. The van der Waals surface area contributed by atoms with Crippen LogP contribution in [0.1, 0.15) is 32.7 Å². The van der Waals surface area contributed by atoms with E-state index < -0.39 is 65.9 Å². The number of hydrogen-bond acceptors (Lipinski definition) is 5. The van der Waals surface area contributed by atoms with E-state index in [4.69, 9.17) is 11.6 Å². The maximum absolute atomic E-state index is 15.2. The Hall–Kier alpha value is -4.32. The van der Waals surface area contributed by atoms with Crippen LogP contribution in [0.25, 0.3) is 11.1 Å². The SMILES string of the molecule is O=C(Nc1ncc(C(=O)N2CCC(F)(F)[C@](O)(CO)c3cc(Cl)ccc32)cc1F)c1cc(F)ccc1-c1ccccc1. The van der Waals surface area contributed by atoms with E-state index in [0.29, 0.717) is 11.1 Å². The van der Waals surface area contributed by atoms with Gasteiger partial charge >= 0.3 is 0 Å². The minimum atomic E-state index is -3.84. The van der Waals surface area contributed by atoms with Gasteiger partial charge in [-0.3, -0.25) is 9.59 Å². The number of nitrogens with one attached hydrogen (secondary N) is 1. The first-order chi connectivity index (χ1) is 19.9. The Morgan fingerprint density at radius 2 is 1.76 bits per heavy atom. The zero-order valence-corrected chi connectivity index (χ0v) is 22.4. The Bertz CT molecular complexity index is 1690. The van der Waals surface area contributed by atoms with Crippen LogP contribution < -0.4 is 10.2 Å². The second-order valence-corrected chi connectivity index (χ2v) is 10.1. The van der Waals surface area contributed by atoms with Gasteiger partial charge in [-0.2, -0.15) is 0 Å². The minimum absolute atomic E-state index is 0.0211. The van der Waals surface area contributed by atoms with Gasteiger partial charge in [-0.15, -0.1) is 0 Å². The summed E-state index contributed by atoms with van der Waals surface area (Å²) in [7, 11) is 0. The van der Waals surface area contributed by atoms with Crippen molar-refractivity contribution in [2.75, 3.05) is 23.4 Å². The van der Waals surface area contributed by atoms with Crippen LogP contribution in [0.3, 0.4) is 0 Å². The van der Waals surface area contributed by atoms with Crippen LogP contribution in [-0.2, 0) is 5.60 Å². The summed E-state index contributed by atoms with van der Waals surface area (Å²) in [6.07, 6.45) is -0.0783. The molecule has 12 heteroatoms. The zero-order valence-electron chi connectivity index (χ0n) is 21.6. The molecular formula is C30H22ClF4N3O4. The van der Waals surface area contributed by atoms with Crippen LogP contribution in [0.15, 0.2) is 79.0 Å². The van der Waals surface area contributed by atoms with Gasteiger partial charge in [0.2, 0.25) is 0 Å². The largest absolute Gasteiger partial charge is 0.393 e. The molecule has 2 heterocycles. The highest BCUT2D eigenvalue weighted by atomic mass is 35.5. The van der Waals surface area contributed by atoms with Gasteiger partial charge in [0.25, 0.3) is 17.7 Å². The zero-order chi connectivity index (χ0) is 30.2. The van der Waals surface area contributed by atoms with E-state index in [-0.39, 0.29) is 21.8 Å². The standard InChI is InChI=1S/C30H22ClF4N3O4/c31-19-6-9-25-23(13-19)29(42,16-39)30(34,35)10-11-38(25)28(41)18-12-24(33)26(36-15-18)37-27(40)22-14-20(32)7-8-21(22)17-4-2-1-3-5-17/h1-9,12-15,39,42H,10-11,16H2,(H,36,37,40)/t29-/m0/s1. The highest BCUT2D eigenvalue weighted by Crippen LogP contribution is 2.47. The lowest BCUT2D eigenvalue weighted by molar-refractivity contribution is -0.205. The maximum atomic E-state index is 15.2. The van der Waals surface area contributed by atoms with E-state index >= 15 is 4.39 Å². The Kier molecular flexibility index (Phi) is 7.76. The van der Waals surface area contributed by atoms with Gasteiger partial charge in [-0.25, -0.2) is 22.5 Å². The van der Waals surface area contributed by atoms with E-state index in [9.17, 15) is 33.0 Å². The molecule has 0 radical (unpaired) electrons.